The van der Waals surface area contributed by atoms with Crippen molar-refractivity contribution in [3.63, 3.8) is 0 Å². The average Bonchev–Trinajstić information content (AvgIpc) is 2.74. The molecule has 2 N–H and O–H groups in total. The largest absolute Gasteiger partial charge is 0.368 e. The van der Waals surface area contributed by atoms with E-state index in [1.54, 1.807) is 4.68 Å². The molecule has 0 aromatic carbocycles. The van der Waals surface area contributed by atoms with Crippen LogP contribution in [0.3, 0.4) is 0 Å². The maximum Gasteiger partial charge on any atom is 0.218 e. The van der Waals surface area contributed by atoms with E-state index in [1.807, 2.05) is 7.05 Å². The number of nitrogens with zero attached hydrogens (tertiary/aromatic N) is 3. The zero-order chi connectivity index (χ0) is 9.97. The summed E-state index contributed by atoms with van der Waals surface area (Å²) in [6.07, 6.45) is 7.80. The van der Waals surface area contributed by atoms with Gasteiger partial charge in [-0.2, -0.15) is 10.1 Å². The van der Waals surface area contributed by atoms with E-state index in [-0.39, 0.29) is 0 Å². The summed E-state index contributed by atoms with van der Waals surface area (Å²) >= 11 is 0. The number of hydrogen-bond acceptors (Lipinski definition) is 3. The first kappa shape index (κ1) is 9.49. The van der Waals surface area contributed by atoms with Gasteiger partial charge in [-0.25, -0.2) is 4.68 Å². The van der Waals surface area contributed by atoms with Crippen LogP contribution in [0.1, 0.15) is 37.9 Å². The lowest BCUT2D eigenvalue weighted by Crippen LogP contribution is -1.99. The van der Waals surface area contributed by atoms with Crippen molar-refractivity contribution in [2.45, 2.75) is 38.5 Å². The highest BCUT2D eigenvalue weighted by molar-refractivity contribution is 5.15. The van der Waals surface area contributed by atoms with Gasteiger partial charge in [0.2, 0.25) is 5.95 Å². The molecule has 1 fully saturated rings. The molecular formula is C10H18N4. The van der Waals surface area contributed by atoms with Crippen LogP contribution in [0.4, 0.5) is 5.95 Å². The fourth-order valence-corrected chi connectivity index (χ4v) is 2.19. The molecule has 78 valence electrons. The van der Waals surface area contributed by atoms with Gasteiger partial charge in [0, 0.05) is 13.5 Å². The van der Waals surface area contributed by atoms with E-state index in [9.17, 15) is 0 Å². The van der Waals surface area contributed by atoms with Crippen molar-refractivity contribution in [2.24, 2.45) is 13.0 Å². The zero-order valence-electron chi connectivity index (χ0n) is 8.74. The van der Waals surface area contributed by atoms with E-state index in [4.69, 9.17) is 5.73 Å². The fourth-order valence-electron chi connectivity index (χ4n) is 2.19. The molecule has 1 aromatic rings. The van der Waals surface area contributed by atoms with Crippen LogP contribution in [0.15, 0.2) is 0 Å². The second kappa shape index (κ2) is 3.98. The highest BCUT2D eigenvalue weighted by atomic mass is 15.4. The van der Waals surface area contributed by atoms with Crippen molar-refractivity contribution in [1.82, 2.24) is 14.8 Å². The molecule has 2 rings (SSSR count). The Morgan fingerprint density at radius 1 is 1.43 bits per heavy atom. The summed E-state index contributed by atoms with van der Waals surface area (Å²) in [7, 11) is 1.83. The first-order valence-electron chi connectivity index (χ1n) is 5.41. The average molecular weight is 194 g/mol. The number of rotatable bonds is 3. The third-order valence-electron chi connectivity index (χ3n) is 3.09. The van der Waals surface area contributed by atoms with Gasteiger partial charge >= 0.3 is 0 Å². The Hall–Kier alpha value is -1.06. The number of nitrogens with two attached hydrogens (primary N) is 1. The minimum Gasteiger partial charge on any atom is -0.368 e. The van der Waals surface area contributed by atoms with E-state index >= 15 is 0 Å². The van der Waals surface area contributed by atoms with E-state index in [1.165, 1.54) is 32.1 Å². The molecule has 4 nitrogen and oxygen atoms in total. The van der Waals surface area contributed by atoms with Gasteiger partial charge in [0.15, 0.2) is 5.82 Å². The van der Waals surface area contributed by atoms with Crippen molar-refractivity contribution in [3.05, 3.63) is 5.82 Å². The fraction of sp³-hybridized carbons (Fsp3) is 0.800. The molecular weight excluding hydrogens is 176 g/mol. The molecule has 0 amide bonds. The predicted molar refractivity (Wildman–Crippen MR) is 55.7 cm³/mol. The second-order valence-corrected chi connectivity index (χ2v) is 4.20. The summed E-state index contributed by atoms with van der Waals surface area (Å²) in [4.78, 5) is 4.20. The van der Waals surface area contributed by atoms with Crippen LogP contribution in [0, 0.1) is 5.92 Å². The molecule has 14 heavy (non-hydrogen) atoms. The Balaban J connectivity index is 1.85. The standard InChI is InChI=1S/C10H18N4/c1-14-10(11)12-9(13-14)7-6-8-4-2-3-5-8/h8H,2-7H2,1H3,(H2,11,12,13). The third-order valence-corrected chi connectivity index (χ3v) is 3.09. The summed E-state index contributed by atoms with van der Waals surface area (Å²) in [5.74, 6) is 2.32. The smallest absolute Gasteiger partial charge is 0.218 e. The lowest BCUT2D eigenvalue weighted by Gasteiger charge is -2.05. The maximum absolute atomic E-state index is 5.61. The Labute approximate surface area is 84.5 Å². The Kier molecular flexibility index (Phi) is 2.70. The maximum atomic E-state index is 5.61. The number of nitrogen functional groups attached to an aromatic ring is 1. The number of hydrogen-bond donors (Lipinski definition) is 1. The van der Waals surface area contributed by atoms with Crippen LogP contribution >= 0.6 is 0 Å². The van der Waals surface area contributed by atoms with Gasteiger partial charge in [0.25, 0.3) is 0 Å². The molecule has 1 aliphatic carbocycles. The monoisotopic (exact) mass is 194 g/mol. The Morgan fingerprint density at radius 3 is 2.71 bits per heavy atom. The molecule has 0 saturated heterocycles. The number of anilines is 1. The molecule has 0 aliphatic heterocycles. The van der Waals surface area contributed by atoms with Crippen LogP contribution < -0.4 is 5.73 Å². The van der Waals surface area contributed by atoms with Crippen molar-refractivity contribution < 1.29 is 0 Å². The molecule has 0 bridgehead atoms. The van der Waals surface area contributed by atoms with Crippen molar-refractivity contribution in [3.8, 4) is 0 Å². The summed E-state index contributed by atoms with van der Waals surface area (Å²) in [5, 5.41) is 4.25. The summed E-state index contributed by atoms with van der Waals surface area (Å²) < 4.78 is 1.64. The quantitative estimate of drug-likeness (QED) is 0.793. The van der Waals surface area contributed by atoms with E-state index in [0.29, 0.717) is 5.95 Å². The molecule has 0 unspecified atom stereocenters. The van der Waals surface area contributed by atoms with Gasteiger partial charge in [0.1, 0.15) is 0 Å². The highest BCUT2D eigenvalue weighted by Crippen LogP contribution is 2.28. The highest BCUT2D eigenvalue weighted by Gasteiger charge is 2.15. The lowest BCUT2D eigenvalue weighted by molar-refractivity contribution is 0.496. The Morgan fingerprint density at radius 2 is 2.14 bits per heavy atom. The van der Waals surface area contributed by atoms with Crippen LogP contribution in [-0.2, 0) is 13.5 Å². The molecule has 0 atom stereocenters. The van der Waals surface area contributed by atoms with Crippen molar-refractivity contribution in [1.29, 1.82) is 0 Å². The van der Waals surface area contributed by atoms with Gasteiger partial charge in [-0.3, -0.25) is 0 Å². The molecule has 4 heteroatoms. The lowest BCUT2D eigenvalue weighted by atomic mass is 10.0. The van der Waals surface area contributed by atoms with Crippen molar-refractivity contribution in [2.75, 3.05) is 5.73 Å². The van der Waals surface area contributed by atoms with Gasteiger partial charge in [-0.15, -0.1) is 0 Å². The SMILES string of the molecule is Cn1nc(CCC2CCCC2)nc1N. The van der Waals surface area contributed by atoms with Crippen LogP contribution in [-0.4, -0.2) is 14.8 Å². The van der Waals surface area contributed by atoms with Gasteiger partial charge in [-0.05, 0) is 12.3 Å². The van der Waals surface area contributed by atoms with E-state index < -0.39 is 0 Å². The van der Waals surface area contributed by atoms with Gasteiger partial charge in [0.05, 0.1) is 0 Å². The van der Waals surface area contributed by atoms with E-state index in [2.05, 4.69) is 10.1 Å². The molecule has 1 aliphatic rings. The molecule has 0 spiro atoms. The normalized spacial score (nSPS) is 17.8. The van der Waals surface area contributed by atoms with Crippen LogP contribution in [0.2, 0.25) is 0 Å². The predicted octanol–water partition coefficient (Wildman–Crippen LogP) is 1.52. The van der Waals surface area contributed by atoms with Gasteiger partial charge < -0.3 is 5.73 Å². The molecule has 1 heterocycles. The summed E-state index contributed by atoms with van der Waals surface area (Å²) in [5.41, 5.74) is 5.61. The van der Waals surface area contributed by atoms with Crippen LogP contribution in [0.25, 0.3) is 0 Å². The minimum absolute atomic E-state index is 0.520. The van der Waals surface area contributed by atoms with Crippen molar-refractivity contribution >= 4 is 5.95 Å². The summed E-state index contributed by atoms with van der Waals surface area (Å²) in [6.45, 7) is 0. The first-order valence-corrected chi connectivity index (χ1v) is 5.41. The summed E-state index contributed by atoms with van der Waals surface area (Å²) in [6, 6.07) is 0. The molecule has 0 radical (unpaired) electrons. The van der Waals surface area contributed by atoms with E-state index in [0.717, 1.165) is 18.2 Å². The Bertz CT molecular complexity index is 280. The van der Waals surface area contributed by atoms with Gasteiger partial charge in [-0.1, -0.05) is 25.7 Å². The topological polar surface area (TPSA) is 56.7 Å². The first-order chi connectivity index (χ1) is 6.75. The third kappa shape index (κ3) is 2.05. The van der Waals surface area contributed by atoms with Crippen LogP contribution in [0.5, 0.6) is 0 Å². The number of aromatic nitrogens is 3. The second-order valence-electron chi connectivity index (χ2n) is 4.20. The minimum atomic E-state index is 0.520. The zero-order valence-corrected chi connectivity index (χ0v) is 8.74. The molecule has 1 saturated carbocycles. The molecule has 1 aromatic heterocycles. The number of aryl methyl sites for hydroxylation is 2.